The smallest absolute Gasteiger partial charge is 0.338 e. The molecule has 0 saturated heterocycles. The monoisotopic (exact) mass is 369 g/mol. The number of carbonyl (C=O) groups is 3. The minimum atomic E-state index is -0.453. The summed E-state index contributed by atoms with van der Waals surface area (Å²) in [5.41, 5.74) is 1.70. The first kappa shape index (κ1) is 18.9. The van der Waals surface area contributed by atoms with Crippen LogP contribution in [0, 0.1) is 12.3 Å². The quantitative estimate of drug-likeness (QED) is 0.818. The van der Waals surface area contributed by atoms with Crippen LogP contribution in [0.3, 0.4) is 0 Å². The average molecular weight is 369 g/mol. The Morgan fingerprint density at radius 3 is 2.70 bits per heavy atom. The van der Waals surface area contributed by atoms with Crippen LogP contribution >= 0.6 is 0 Å². The summed E-state index contributed by atoms with van der Waals surface area (Å²) in [5.74, 6) is -0.197. The van der Waals surface area contributed by atoms with Crippen LogP contribution < -0.4 is 5.32 Å². The Morgan fingerprint density at radius 2 is 2.00 bits per heavy atom. The van der Waals surface area contributed by atoms with Crippen molar-refractivity contribution in [1.29, 1.82) is 0 Å². The van der Waals surface area contributed by atoms with Crippen LogP contribution in [-0.4, -0.2) is 24.3 Å². The minimum Gasteiger partial charge on any atom is -0.462 e. The molecule has 1 aliphatic rings. The fraction of sp³-hybridized carbons (Fsp3) is 0.381. The molecule has 1 heterocycles. The van der Waals surface area contributed by atoms with Gasteiger partial charge in [0, 0.05) is 24.1 Å². The predicted molar refractivity (Wildman–Crippen MR) is 100 cm³/mol. The lowest BCUT2D eigenvalue weighted by molar-refractivity contribution is 0.0526. The number of rotatable bonds is 4. The number of benzene rings is 1. The number of ether oxygens (including phenoxy) is 1. The fourth-order valence-electron chi connectivity index (χ4n) is 3.43. The molecule has 1 amide bonds. The molecule has 6 heteroatoms. The van der Waals surface area contributed by atoms with Crippen LogP contribution in [0.15, 0.2) is 28.7 Å². The van der Waals surface area contributed by atoms with Crippen LogP contribution in [0.25, 0.3) is 0 Å². The van der Waals surface area contributed by atoms with E-state index in [0.717, 1.165) is 0 Å². The van der Waals surface area contributed by atoms with Crippen molar-refractivity contribution in [3.63, 3.8) is 0 Å². The van der Waals surface area contributed by atoms with E-state index in [2.05, 4.69) is 5.32 Å². The van der Waals surface area contributed by atoms with E-state index in [0.29, 0.717) is 41.0 Å². The van der Waals surface area contributed by atoms with Gasteiger partial charge in [-0.05, 0) is 37.5 Å². The van der Waals surface area contributed by atoms with E-state index in [1.165, 1.54) is 0 Å². The van der Waals surface area contributed by atoms with Gasteiger partial charge < -0.3 is 14.5 Å². The van der Waals surface area contributed by atoms with Gasteiger partial charge in [-0.15, -0.1) is 0 Å². The molecule has 0 bridgehead atoms. The molecule has 1 aliphatic carbocycles. The van der Waals surface area contributed by atoms with Crippen LogP contribution in [0.4, 0.5) is 5.69 Å². The highest BCUT2D eigenvalue weighted by Gasteiger charge is 2.37. The first-order chi connectivity index (χ1) is 12.7. The average Bonchev–Trinajstić information content (AvgIpc) is 2.90. The van der Waals surface area contributed by atoms with Crippen LogP contribution in [0.1, 0.15) is 69.8 Å². The maximum Gasteiger partial charge on any atom is 0.338 e. The van der Waals surface area contributed by atoms with Crippen LogP contribution in [0.5, 0.6) is 0 Å². The summed E-state index contributed by atoms with van der Waals surface area (Å²) in [6.45, 7) is 7.74. The summed E-state index contributed by atoms with van der Waals surface area (Å²) in [6, 6.07) is 6.49. The Kier molecular flexibility index (Phi) is 4.91. The largest absolute Gasteiger partial charge is 0.462 e. The number of hydrogen-bond donors (Lipinski definition) is 1. The van der Waals surface area contributed by atoms with E-state index in [4.69, 9.17) is 9.15 Å². The zero-order valence-corrected chi connectivity index (χ0v) is 16.0. The molecule has 0 saturated carbocycles. The number of furan rings is 1. The van der Waals surface area contributed by atoms with E-state index in [9.17, 15) is 14.4 Å². The number of hydrogen-bond acceptors (Lipinski definition) is 5. The second-order valence-corrected chi connectivity index (χ2v) is 7.55. The standard InChI is InChI=1S/C21H23NO5/c1-5-26-20(25)13-7-6-8-14(9-13)22-19(24)18-12(2)17-15(23)10-21(3,4)11-16(17)27-18/h6-9H,5,10-11H2,1-4H3,(H,22,24). The lowest BCUT2D eigenvalue weighted by Crippen LogP contribution is -2.26. The number of carbonyl (C=O) groups excluding carboxylic acids is 3. The molecule has 6 nitrogen and oxygen atoms in total. The molecule has 142 valence electrons. The first-order valence-corrected chi connectivity index (χ1v) is 8.96. The van der Waals surface area contributed by atoms with Crippen LogP contribution in [0.2, 0.25) is 0 Å². The van der Waals surface area contributed by atoms with Gasteiger partial charge in [0.15, 0.2) is 11.5 Å². The molecule has 0 atom stereocenters. The third kappa shape index (κ3) is 3.79. The van der Waals surface area contributed by atoms with Gasteiger partial charge in [0.1, 0.15) is 5.76 Å². The summed E-state index contributed by atoms with van der Waals surface area (Å²) < 4.78 is 10.7. The molecule has 27 heavy (non-hydrogen) atoms. The summed E-state index contributed by atoms with van der Waals surface area (Å²) >= 11 is 0. The Morgan fingerprint density at radius 1 is 1.26 bits per heavy atom. The number of Topliss-reactive ketones (excluding diaryl/α,β-unsaturated/α-hetero) is 1. The number of fused-ring (bicyclic) bond motifs is 1. The number of anilines is 1. The summed E-state index contributed by atoms with van der Waals surface area (Å²) in [7, 11) is 0. The zero-order valence-electron chi connectivity index (χ0n) is 16.0. The summed E-state index contributed by atoms with van der Waals surface area (Å²) in [4.78, 5) is 37.0. The number of nitrogens with one attached hydrogen (secondary N) is 1. The third-order valence-corrected chi connectivity index (χ3v) is 4.61. The molecule has 1 N–H and O–H groups in total. The first-order valence-electron chi connectivity index (χ1n) is 8.96. The number of esters is 1. The lowest BCUT2D eigenvalue weighted by Gasteiger charge is -2.27. The van der Waals surface area contributed by atoms with Crippen molar-refractivity contribution in [3.05, 3.63) is 52.5 Å². The molecule has 3 rings (SSSR count). The molecule has 0 radical (unpaired) electrons. The Bertz CT molecular complexity index is 923. The van der Waals surface area contributed by atoms with Gasteiger partial charge in [-0.3, -0.25) is 9.59 Å². The SMILES string of the molecule is CCOC(=O)c1cccc(NC(=O)c2oc3c(c2C)C(=O)CC(C)(C)C3)c1. The Hall–Kier alpha value is -2.89. The highest BCUT2D eigenvalue weighted by atomic mass is 16.5. The van der Waals surface area contributed by atoms with Crippen molar-refractivity contribution in [2.24, 2.45) is 5.41 Å². The second-order valence-electron chi connectivity index (χ2n) is 7.55. The van der Waals surface area contributed by atoms with Crippen molar-refractivity contribution >= 4 is 23.3 Å². The maximum atomic E-state index is 12.7. The molecule has 0 aliphatic heterocycles. The lowest BCUT2D eigenvalue weighted by atomic mass is 9.76. The van der Waals surface area contributed by atoms with E-state index >= 15 is 0 Å². The molecule has 1 aromatic heterocycles. The van der Waals surface area contributed by atoms with Gasteiger partial charge in [-0.25, -0.2) is 4.79 Å². The number of ketones is 1. The van der Waals surface area contributed by atoms with Crippen molar-refractivity contribution in [3.8, 4) is 0 Å². The van der Waals surface area contributed by atoms with Crippen molar-refractivity contribution < 1.29 is 23.5 Å². The van der Waals surface area contributed by atoms with Crippen molar-refractivity contribution in [2.75, 3.05) is 11.9 Å². The van der Waals surface area contributed by atoms with E-state index in [-0.39, 0.29) is 23.6 Å². The maximum absolute atomic E-state index is 12.7. The zero-order chi connectivity index (χ0) is 19.8. The van der Waals surface area contributed by atoms with Gasteiger partial charge >= 0.3 is 5.97 Å². The summed E-state index contributed by atoms with van der Waals surface area (Å²) in [6.07, 6.45) is 1.05. The molecular weight excluding hydrogens is 346 g/mol. The molecule has 0 fully saturated rings. The highest BCUT2D eigenvalue weighted by Crippen LogP contribution is 2.38. The molecule has 2 aromatic rings. The van der Waals surface area contributed by atoms with E-state index in [1.807, 2.05) is 13.8 Å². The Balaban J connectivity index is 1.85. The minimum absolute atomic E-state index is 0.00542. The second kappa shape index (κ2) is 7.02. The van der Waals surface area contributed by atoms with Gasteiger partial charge in [0.05, 0.1) is 17.7 Å². The number of amides is 1. The molecule has 0 spiro atoms. The highest BCUT2D eigenvalue weighted by molar-refractivity contribution is 6.08. The normalized spacial score (nSPS) is 15.2. The van der Waals surface area contributed by atoms with Gasteiger partial charge in [-0.1, -0.05) is 19.9 Å². The summed E-state index contributed by atoms with van der Waals surface area (Å²) in [5, 5.41) is 2.73. The van der Waals surface area contributed by atoms with E-state index < -0.39 is 11.9 Å². The van der Waals surface area contributed by atoms with Gasteiger partial charge in [0.25, 0.3) is 5.91 Å². The Labute approximate surface area is 157 Å². The third-order valence-electron chi connectivity index (χ3n) is 4.61. The topological polar surface area (TPSA) is 85.6 Å². The molecule has 0 unspecified atom stereocenters. The van der Waals surface area contributed by atoms with Gasteiger partial charge in [-0.2, -0.15) is 0 Å². The fourth-order valence-corrected chi connectivity index (χ4v) is 3.43. The predicted octanol–water partition coefficient (Wildman–Crippen LogP) is 4.17. The molecular formula is C21H23NO5. The van der Waals surface area contributed by atoms with E-state index in [1.54, 1.807) is 38.1 Å². The molecule has 1 aromatic carbocycles. The van der Waals surface area contributed by atoms with Crippen LogP contribution in [-0.2, 0) is 11.2 Å². The van der Waals surface area contributed by atoms with Crippen molar-refractivity contribution in [1.82, 2.24) is 0 Å². The van der Waals surface area contributed by atoms with Crippen molar-refractivity contribution in [2.45, 2.75) is 40.5 Å². The van der Waals surface area contributed by atoms with Gasteiger partial charge in [0.2, 0.25) is 0 Å².